The van der Waals surface area contributed by atoms with Crippen LogP contribution in [0.15, 0.2) is 58.8 Å². The molecular weight excluding hydrogens is 326 g/mol. The molecule has 0 aliphatic carbocycles. The van der Waals surface area contributed by atoms with Crippen LogP contribution in [-0.4, -0.2) is 28.4 Å². The molecule has 0 bridgehead atoms. The van der Waals surface area contributed by atoms with E-state index in [-0.39, 0.29) is 6.54 Å². The minimum absolute atomic E-state index is 0.104. The van der Waals surface area contributed by atoms with E-state index in [1.165, 1.54) is 17.1 Å². The van der Waals surface area contributed by atoms with Crippen LogP contribution in [0.25, 0.3) is 0 Å². The normalized spacial score (nSPS) is 11.3. The first-order valence-electron chi connectivity index (χ1n) is 7.08. The number of carbonyl (C=O) groups excluding carboxylic acids is 1. The summed E-state index contributed by atoms with van der Waals surface area (Å²) in [6, 6.07) is 11.1. The van der Waals surface area contributed by atoms with E-state index >= 15 is 0 Å². The van der Waals surface area contributed by atoms with Gasteiger partial charge in [0.15, 0.2) is 5.84 Å². The summed E-state index contributed by atoms with van der Waals surface area (Å²) in [5, 5.41) is 5.44. The lowest BCUT2D eigenvalue weighted by Crippen LogP contribution is -2.29. The molecule has 0 unspecified atom stereocenters. The highest BCUT2D eigenvalue weighted by molar-refractivity contribution is 7.97. The van der Waals surface area contributed by atoms with E-state index in [9.17, 15) is 4.79 Å². The van der Waals surface area contributed by atoms with Crippen LogP contribution in [0, 0.1) is 0 Å². The van der Waals surface area contributed by atoms with Crippen molar-refractivity contribution in [3.8, 4) is 0 Å². The molecule has 1 amide bonds. The lowest BCUT2D eigenvalue weighted by atomic mass is 10.2. The summed E-state index contributed by atoms with van der Waals surface area (Å²) in [4.78, 5) is 15.5. The highest BCUT2D eigenvalue weighted by Gasteiger charge is 2.03. The van der Waals surface area contributed by atoms with E-state index < -0.39 is 5.91 Å². The largest absolute Gasteiger partial charge is 0.382 e. The molecule has 0 spiro atoms. The molecule has 1 aromatic carbocycles. The molecule has 8 nitrogen and oxygen atoms in total. The van der Waals surface area contributed by atoms with Crippen LogP contribution in [0.5, 0.6) is 0 Å². The third-order valence-electron chi connectivity index (χ3n) is 2.92. The van der Waals surface area contributed by atoms with Gasteiger partial charge in [0, 0.05) is 22.9 Å². The fraction of sp³-hybridized carbons (Fsp3) is 0.133. The summed E-state index contributed by atoms with van der Waals surface area (Å²) >= 11 is 1.31. The number of hydrazine groups is 1. The van der Waals surface area contributed by atoms with Crippen molar-refractivity contribution in [3.05, 3.63) is 59.9 Å². The number of rotatable bonds is 8. The monoisotopic (exact) mass is 345 g/mol. The van der Waals surface area contributed by atoms with Gasteiger partial charge < -0.3 is 11.5 Å². The standard InChI is InChI=1S/C15H19N7OS/c16-14(23)9-20-24-13-3-1-12(2-4-13)15(17)21-22(18)10-11-5-7-19-8-6-11/h1-8,20H,9-10,18H2,(H2,16,23)(H2,17,21). The molecule has 7 N–H and O–H groups in total. The zero-order valence-electron chi connectivity index (χ0n) is 12.9. The summed E-state index contributed by atoms with van der Waals surface area (Å²) in [6.45, 7) is 0.529. The maximum absolute atomic E-state index is 10.7. The van der Waals surface area contributed by atoms with Crippen LogP contribution in [0.4, 0.5) is 0 Å². The van der Waals surface area contributed by atoms with Gasteiger partial charge in [-0.1, -0.05) is 12.1 Å². The maximum Gasteiger partial charge on any atom is 0.232 e. The Morgan fingerprint density at radius 3 is 2.46 bits per heavy atom. The van der Waals surface area contributed by atoms with Gasteiger partial charge in [0.2, 0.25) is 5.91 Å². The smallest absolute Gasteiger partial charge is 0.232 e. The molecule has 126 valence electrons. The molecule has 24 heavy (non-hydrogen) atoms. The molecular formula is C15H19N7OS. The third-order valence-corrected chi connectivity index (χ3v) is 3.71. The average molecular weight is 345 g/mol. The van der Waals surface area contributed by atoms with E-state index in [0.29, 0.717) is 12.4 Å². The molecule has 0 aliphatic rings. The SMILES string of the molecule is NC(=O)CNSc1ccc(/C(N)=N/N(N)Cc2ccncc2)cc1. The van der Waals surface area contributed by atoms with Gasteiger partial charge in [-0.3, -0.25) is 14.5 Å². The zero-order valence-corrected chi connectivity index (χ0v) is 13.7. The van der Waals surface area contributed by atoms with Crippen molar-refractivity contribution in [2.75, 3.05) is 6.54 Å². The molecule has 1 heterocycles. The minimum Gasteiger partial charge on any atom is -0.382 e. The number of carbonyl (C=O) groups is 1. The topological polar surface area (TPSA) is 136 Å². The van der Waals surface area contributed by atoms with E-state index in [2.05, 4.69) is 14.8 Å². The minimum atomic E-state index is -0.410. The summed E-state index contributed by atoms with van der Waals surface area (Å²) in [5.41, 5.74) is 12.8. The lowest BCUT2D eigenvalue weighted by Gasteiger charge is -2.13. The van der Waals surface area contributed by atoms with Crippen LogP contribution in [-0.2, 0) is 11.3 Å². The Morgan fingerprint density at radius 1 is 1.17 bits per heavy atom. The number of hydrogen-bond donors (Lipinski definition) is 4. The molecule has 1 aromatic heterocycles. The van der Waals surface area contributed by atoms with E-state index in [0.717, 1.165) is 16.0 Å². The number of pyridine rings is 1. The van der Waals surface area contributed by atoms with E-state index in [1.54, 1.807) is 12.4 Å². The number of nitrogens with one attached hydrogen (secondary N) is 1. The van der Waals surface area contributed by atoms with Crippen LogP contribution in [0.1, 0.15) is 11.1 Å². The first kappa shape index (κ1) is 17.7. The van der Waals surface area contributed by atoms with E-state index in [4.69, 9.17) is 17.3 Å². The fourth-order valence-corrected chi connectivity index (χ4v) is 2.44. The average Bonchev–Trinajstić information content (AvgIpc) is 2.56. The number of aromatic nitrogens is 1. The van der Waals surface area contributed by atoms with Crippen molar-refractivity contribution in [1.82, 2.24) is 14.8 Å². The number of primary amides is 1. The molecule has 0 radical (unpaired) electrons. The number of hydrogen-bond acceptors (Lipinski definition) is 7. The van der Waals surface area contributed by atoms with Gasteiger partial charge in [-0.05, 0) is 41.8 Å². The second kappa shape index (κ2) is 8.87. The van der Waals surface area contributed by atoms with Gasteiger partial charge >= 0.3 is 0 Å². The molecule has 0 saturated heterocycles. The number of nitrogens with zero attached hydrogens (tertiary/aromatic N) is 3. The predicted molar refractivity (Wildman–Crippen MR) is 94.2 cm³/mol. The summed E-state index contributed by atoms with van der Waals surface area (Å²) in [6.07, 6.45) is 3.39. The molecule has 0 atom stereocenters. The van der Waals surface area contributed by atoms with Gasteiger partial charge in [0.1, 0.15) is 0 Å². The zero-order chi connectivity index (χ0) is 17.4. The maximum atomic E-state index is 10.7. The van der Waals surface area contributed by atoms with Crippen LogP contribution < -0.4 is 22.0 Å². The number of hydrazone groups is 1. The van der Waals surface area contributed by atoms with Gasteiger partial charge in [-0.2, -0.15) is 0 Å². The number of amides is 1. The van der Waals surface area contributed by atoms with Crippen molar-refractivity contribution in [3.63, 3.8) is 0 Å². The lowest BCUT2D eigenvalue weighted by molar-refractivity contribution is -0.116. The summed E-state index contributed by atoms with van der Waals surface area (Å²) in [7, 11) is 0. The Bertz CT molecular complexity index is 691. The predicted octanol–water partition coefficient (Wildman–Crippen LogP) is 0.160. The van der Waals surface area contributed by atoms with Crippen molar-refractivity contribution < 1.29 is 4.79 Å². The molecule has 0 fully saturated rings. The summed E-state index contributed by atoms with van der Waals surface area (Å²) < 4.78 is 2.86. The number of amidine groups is 1. The van der Waals surface area contributed by atoms with Crippen LogP contribution in [0.3, 0.4) is 0 Å². The Morgan fingerprint density at radius 2 is 1.83 bits per heavy atom. The van der Waals surface area contributed by atoms with Crippen LogP contribution in [0.2, 0.25) is 0 Å². The second-order valence-corrected chi connectivity index (χ2v) is 5.82. The molecule has 0 saturated carbocycles. The first-order valence-corrected chi connectivity index (χ1v) is 7.90. The highest BCUT2D eigenvalue weighted by Crippen LogP contribution is 2.15. The molecule has 2 aromatic rings. The van der Waals surface area contributed by atoms with Gasteiger partial charge in [0.05, 0.1) is 13.1 Å². The Labute approximate surface area is 144 Å². The molecule has 0 aliphatic heterocycles. The van der Waals surface area contributed by atoms with Crippen molar-refractivity contribution in [1.29, 1.82) is 0 Å². The fourth-order valence-electron chi connectivity index (χ4n) is 1.79. The quantitative estimate of drug-likeness (QED) is 0.176. The van der Waals surface area contributed by atoms with Crippen LogP contribution >= 0.6 is 11.9 Å². The van der Waals surface area contributed by atoms with Crippen molar-refractivity contribution >= 4 is 23.7 Å². The van der Waals surface area contributed by atoms with Gasteiger partial charge in [-0.25, -0.2) is 11.0 Å². The third kappa shape index (κ3) is 5.88. The van der Waals surface area contributed by atoms with E-state index in [1.807, 2.05) is 36.4 Å². The Balaban J connectivity index is 1.93. The number of benzene rings is 1. The Kier molecular flexibility index (Phi) is 6.55. The summed E-state index contributed by atoms with van der Waals surface area (Å²) in [5.74, 6) is 5.76. The second-order valence-electron chi connectivity index (χ2n) is 4.85. The first-order chi connectivity index (χ1) is 11.5. The van der Waals surface area contributed by atoms with Crippen molar-refractivity contribution in [2.24, 2.45) is 22.4 Å². The highest BCUT2D eigenvalue weighted by atomic mass is 32.2. The molecule has 2 rings (SSSR count). The van der Waals surface area contributed by atoms with Crippen molar-refractivity contribution in [2.45, 2.75) is 11.4 Å². The van der Waals surface area contributed by atoms with Gasteiger partial charge in [-0.15, -0.1) is 5.10 Å². The Hall–Kier alpha value is -2.62. The number of nitrogens with two attached hydrogens (primary N) is 3. The van der Waals surface area contributed by atoms with Gasteiger partial charge in [0.25, 0.3) is 0 Å². The molecule has 9 heteroatoms.